The SMILES string of the molecule is C[C@@H]1C[C@H]2[C@@H]3C(=O)C=C4C[C@H](O)CC[C@]4(C)[C@H]3CC[C@]2(C)C12OCCO2. The third-order valence-electron chi connectivity index (χ3n) is 9.08. The van der Waals surface area contributed by atoms with E-state index in [1.807, 2.05) is 6.08 Å². The van der Waals surface area contributed by atoms with Crippen molar-refractivity contribution in [2.75, 3.05) is 13.2 Å². The highest BCUT2D eigenvalue weighted by molar-refractivity contribution is 5.94. The maximum absolute atomic E-state index is 13.3. The number of rotatable bonds is 0. The topological polar surface area (TPSA) is 55.8 Å². The van der Waals surface area contributed by atoms with Crippen LogP contribution in [0.25, 0.3) is 0 Å². The first-order valence-electron chi connectivity index (χ1n) is 10.5. The zero-order chi connectivity index (χ0) is 18.3. The number of fused-ring (bicyclic) bond motifs is 6. The molecule has 144 valence electrons. The molecule has 1 saturated heterocycles. The molecule has 3 saturated carbocycles. The lowest BCUT2D eigenvalue weighted by Crippen LogP contribution is -2.57. The molecular formula is C22H32O4. The number of aliphatic hydroxyl groups excluding tert-OH is 1. The van der Waals surface area contributed by atoms with E-state index in [1.165, 1.54) is 5.57 Å². The highest BCUT2D eigenvalue weighted by Gasteiger charge is 2.70. The first kappa shape index (κ1) is 17.4. The van der Waals surface area contributed by atoms with Gasteiger partial charge in [0.15, 0.2) is 11.6 Å². The molecule has 1 aliphatic heterocycles. The summed E-state index contributed by atoms with van der Waals surface area (Å²) in [5.41, 5.74) is 1.21. The lowest BCUT2D eigenvalue weighted by Gasteiger charge is -2.57. The number of carbonyl (C=O) groups excluding carboxylic acids is 1. The molecule has 1 spiro atoms. The van der Waals surface area contributed by atoms with E-state index in [4.69, 9.17) is 9.47 Å². The Morgan fingerprint density at radius 2 is 1.85 bits per heavy atom. The van der Waals surface area contributed by atoms with Gasteiger partial charge in [0.25, 0.3) is 0 Å². The smallest absolute Gasteiger partial charge is 0.176 e. The van der Waals surface area contributed by atoms with Crippen LogP contribution in [0.5, 0.6) is 0 Å². The molecule has 0 aromatic heterocycles. The quantitative estimate of drug-likeness (QED) is 0.719. The van der Waals surface area contributed by atoms with Gasteiger partial charge in [-0.25, -0.2) is 0 Å². The first-order chi connectivity index (χ1) is 12.3. The van der Waals surface area contributed by atoms with Crippen molar-refractivity contribution < 1.29 is 19.4 Å². The highest BCUT2D eigenvalue weighted by atomic mass is 16.7. The fraction of sp³-hybridized carbons (Fsp3) is 0.864. The van der Waals surface area contributed by atoms with Crippen LogP contribution >= 0.6 is 0 Å². The van der Waals surface area contributed by atoms with Gasteiger partial charge >= 0.3 is 0 Å². The first-order valence-corrected chi connectivity index (χ1v) is 10.5. The number of carbonyl (C=O) groups is 1. The average molecular weight is 360 g/mol. The molecule has 4 nitrogen and oxygen atoms in total. The van der Waals surface area contributed by atoms with Gasteiger partial charge in [0, 0.05) is 17.3 Å². The number of hydrogen-bond donors (Lipinski definition) is 1. The fourth-order valence-corrected chi connectivity index (χ4v) is 7.72. The Bertz CT molecular complexity index is 663. The van der Waals surface area contributed by atoms with Crippen LogP contribution in [0.1, 0.15) is 59.3 Å². The minimum atomic E-state index is -0.490. The molecule has 4 aliphatic carbocycles. The monoisotopic (exact) mass is 360 g/mol. The molecule has 7 atom stereocenters. The van der Waals surface area contributed by atoms with Crippen LogP contribution in [0.15, 0.2) is 11.6 Å². The maximum Gasteiger partial charge on any atom is 0.176 e. The Kier molecular flexibility index (Phi) is 3.63. The fourth-order valence-electron chi connectivity index (χ4n) is 7.72. The molecule has 0 unspecified atom stereocenters. The van der Waals surface area contributed by atoms with Crippen molar-refractivity contribution >= 4 is 5.78 Å². The number of ether oxygens (including phenoxy) is 2. The van der Waals surface area contributed by atoms with Crippen LogP contribution < -0.4 is 0 Å². The van der Waals surface area contributed by atoms with Gasteiger partial charge in [-0.1, -0.05) is 26.3 Å². The molecule has 4 fully saturated rings. The van der Waals surface area contributed by atoms with E-state index in [2.05, 4.69) is 20.8 Å². The maximum atomic E-state index is 13.3. The van der Waals surface area contributed by atoms with Crippen molar-refractivity contribution in [3.05, 3.63) is 11.6 Å². The minimum absolute atomic E-state index is 0.0738. The summed E-state index contributed by atoms with van der Waals surface area (Å²) in [5.74, 6) is 0.976. The summed E-state index contributed by atoms with van der Waals surface area (Å²) in [6.07, 6.45) is 7.34. The molecule has 5 rings (SSSR count). The van der Waals surface area contributed by atoms with Gasteiger partial charge in [-0.05, 0) is 61.9 Å². The summed E-state index contributed by atoms with van der Waals surface area (Å²) in [5, 5.41) is 10.1. The number of hydrogen-bond acceptors (Lipinski definition) is 4. The van der Waals surface area contributed by atoms with Gasteiger partial charge in [-0.15, -0.1) is 0 Å². The summed E-state index contributed by atoms with van der Waals surface area (Å²) in [6, 6.07) is 0. The van der Waals surface area contributed by atoms with Gasteiger partial charge in [-0.3, -0.25) is 4.79 Å². The molecule has 0 radical (unpaired) electrons. The van der Waals surface area contributed by atoms with Crippen LogP contribution in [0, 0.1) is 34.5 Å². The molecule has 0 aromatic carbocycles. The lowest BCUT2D eigenvalue weighted by atomic mass is 9.47. The lowest BCUT2D eigenvalue weighted by molar-refractivity contribution is -0.257. The Labute approximate surface area is 156 Å². The Morgan fingerprint density at radius 3 is 2.58 bits per heavy atom. The van der Waals surface area contributed by atoms with Crippen molar-refractivity contribution in [1.82, 2.24) is 0 Å². The highest BCUT2D eigenvalue weighted by Crippen LogP contribution is 2.69. The van der Waals surface area contributed by atoms with Crippen molar-refractivity contribution in [2.24, 2.45) is 34.5 Å². The number of allylic oxidation sites excluding steroid dienone is 1. The number of aliphatic hydroxyl groups is 1. The Balaban J connectivity index is 1.56. The van der Waals surface area contributed by atoms with Crippen LogP contribution in [-0.4, -0.2) is 36.0 Å². The molecule has 0 amide bonds. The Hall–Kier alpha value is -0.710. The van der Waals surface area contributed by atoms with Crippen molar-refractivity contribution in [2.45, 2.75) is 71.2 Å². The second-order valence-corrected chi connectivity index (χ2v) is 10.1. The van der Waals surface area contributed by atoms with E-state index >= 15 is 0 Å². The van der Waals surface area contributed by atoms with E-state index in [0.29, 0.717) is 43.2 Å². The summed E-state index contributed by atoms with van der Waals surface area (Å²) in [6.45, 7) is 8.27. The zero-order valence-corrected chi connectivity index (χ0v) is 16.3. The molecule has 0 aromatic rings. The van der Waals surface area contributed by atoms with Crippen LogP contribution in [-0.2, 0) is 14.3 Å². The molecule has 5 aliphatic rings. The van der Waals surface area contributed by atoms with Crippen molar-refractivity contribution in [3.8, 4) is 0 Å². The van der Waals surface area contributed by atoms with Gasteiger partial charge in [0.05, 0.1) is 19.3 Å². The van der Waals surface area contributed by atoms with Crippen LogP contribution in [0.2, 0.25) is 0 Å². The van der Waals surface area contributed by atoms with Crippen molar-refractivity contribution in [1.29, 1.82) is 0 Å². The zero-order valence-electron chi connectivity index (χ0n) is 16.3. The van der Waals surface area contributed by atoms with Crippen LogP contribution in [0.4, 0.5) is 0 Å². The number of ketones is 1. The average Bonchev–Trinajstić information content (AvgIpc) is 3.17. The molecule has 1 N–H and O–H groups in total. The van der Waals surface area contributed by atoms with Gasteiger partial charge < -0.3 is 14.6 Å². The third-order valence-corrected chi connectivity index (χ3v) is 9.08. The van der Waals surface area contributed by atoms with Crippen LogP contribution in [0.3, 0.4) is 0 Å². The molecule has 0 bridgehead atoms. The molecular weight excluding hydrogens is 328 g/mol. The normalized spacial score (nSPS) is 52.4. The Morgan fingerprint density at radius 1 is 1.12 bits per heavy atom. The summed E-state index contributed by atoms with van der Waals surface area (Å²) >= 11 is 0. The standard InChI is InChI=1S/C22H32O4/c1-13-10-17-19-16(5-7-21(17,3)22(13)25-8-9-26-22)20(2)6-4-15(23)11-14(20)12-18(19)24/h12-13,15-17,19,23H,4-11H2,1-3H3/t13-,15-,16+,17+,19-,20+,21+/m1/s1. The minimum Gasteiger partial charge on any atom is -0.393 e. The molecule has 1 heterocycles. The summed E-state index contributed by atoms with van der Waals surface area (Å²) in [7, 11) is 0. The molecule has 26 heavy (non-hydrogen) atoms. The third kappa shape index (κ3) is 1.94. The predicted octanol–water partition coefficient (Wildman–Crippen LogP) is 3.48. The second-order valence-electron chi connectivity index (χ2n) is 10.1. The summed E-state index contributed by atoms with van der Waals surface area (Å²) < 4.78 is 12.5. The van der Waals surface area contributed by atoms with Gasteiger partial charge in [0.2, 0.25) is 0 Å². The van der Waals surface area contributed by atoms with E-state index in [9.17, 15) is 9.90 Å². The molecule has 4 heteroatoms. The van der Waals surface area contributed by atoms with Gasteiger partial charge in [-0.2, -0.15) is 0 Å². The largest absolute Gasteiger partial charge is 0.393 e. The summed E-state index contributed by atoms with van der Waals surface area (Å²) in [4.78, 5) is 13.3. The van der Waals surface area contributed by atoms with Crippen molar-refractivity contribution in [3.63, 3.8) is 0 Å². The van der Waals surface area contributed by atoms with E-state index in [0.717, 1.165) is 32.1 Å². The van der Waals surface area contributed by atoms with Gasteiger partial charge in [0.1, 0.15) is 0 Å². The van der Waals surface area contributed by atoms with E-state index < -0.39 is 5.79 Å². The van der Waals surface area contributed by atoms with E-state index in [-0.39, 0.29) is 22.9 Å². The second kappa shape index (κ2) is 5.42. The predicted molar refractivity (Wildman–Crippen MR) is 97.3 cm³/mol. The van der Waals surface area contributed by atoms with E-state index in [1.54, 1.807) is 0 Å².